The van der Waals surface area contributed by atoms with E-state index < -0.39 is 53.5 Å². The highest BCUT2D eigenvalue weighted by Gasteiger charge is 2.32. The molecular weight excluding hydrogens is 554 g/mol. The van der Waals surface area contributed by atoms with Gasteiger partial charge in [-0.25, -0.2) is 9.37 Å². The van der Waals surface area contributed by atoms with Crippen molar-refractivity contribution in [1.29, 1.82) is 5.26 Å². The number of benzene rings is 1. The van der Waals surface area contributed by atoms with Crippen molar-refractivity contribution in [1.82, 2.24) is 24.5 Å². The second-order valence-electron chi connectivity index (χ2n) is 8.84. The normalized spacial score (nSPS) is 13.0. The van der Waals surface area contributed by atoms with Gasteiger partial charge in [0, 0.05) is 25.1 Å². The van der Waals surface area contributed by atoms with E-state index in [9.17, 15) is 37.5 Å². The van der Waals surface area contributed by atoms with Crippen LogP contribution in [0.5, 0.6) is 5.75 Å². The molecule has 0 aliphatic carbocycles. The second kappa shape index (κ2) is 11.6. The largest absolute Gasteiger partial charge is 0.522 e. The van der Waals surface area contributed by atoms with Crippen LogP contribution in [-0.2, 0) is 18.3 Å². The van der Waals surface area contributed by atoms with E-state index >= 15 is 0 Å². The van der Waals surface area contributed by atoms with E-state index in [-0.39, 0.29) is 29.2 Å². The highest BCUT2D eigenvalue weighted by atomic mass is 19.4. The molecule has 0 radical (unpaired) electrons. The van der Waals surface area contributed by atoms with Crippen molar-refractivity contribution in [3.63, 3.8) is 0 Å². The van der Waals surface area contributed by atoms with Crippen molar-refractivity contribution in [2.45, 2.75) is 31.7 Å². The number of hydrogen-bond acceptors (Lipinski definition) is 9. The minimum absolute atomic E-state index is 0.0328. The fourth-order valence-electron chi connectivity index (χ4n) is 4.33. The number of carbonyl (C=O) groups excluding carboxylic acids is 1. The van der Waals surface area contributed by atoms with Gasteiger partial charge in [0.1, 0.15) is 23.6 Å². The number of aromatic hydroxyl groups is 1. The number of amides is 1. The van der Waals surface area contributed by atoms with Crippen LogP contribution >= 0.6 is 0 Å². The maximum absolute atomic E-state index is 14.4. The van der Waals surface area contributed by atoms with Gasteiger partial charge in [0.15, 0.2) is 5.69 Å². The number of alkyl halides is 3. The van der Waals surface area contributed by atoms with Gasteiger partial charge in [0.25, 0.3) is 11.5 Å². The molecule has 2 atom stereocenters. The van der Waals surface area contributed by atoms with Crippen molar-refractivity contribution in [3.05, 3.63) is 87.4 Å². The molecule has 0 aliphatic rings. The van der Waals surface area contributed by atoms with Crippen LogP contribution in [0.25, 0.3) is 0 Å². The van der Waals surface area contributed by atoms with E-state index in [0.29, 0.717) is 5.56 Å². The molecule has 4 aromatic rings. The lowest BCUT2D eigenvalue weighted by Gasteiger charge is -2.26. The smallest absolute Gasteiger partial charge is 0.501 e. The molecule has 1 aromatic carbocycles. The maximum Gasteiger partial charge on any atom is 0.522 e. The molecule has 2 N–H and O–H groups in total. The minimum atomic E-state index is -4.83. The summed E-state index contributed by atoms with van der Waals surface area (Å²) in [7, 11) is 1.30. The lowest BCUT2D eigenvalue weighted by atomic mass is 9.80. The Morgan fingerprint density at radius 1 is 1.32 bits per heavy atom. The molecular formula is C25H21F4N7O5. The zero-order chi connectivity index (χ0) is 29.9. The molecule has 0 bridgehead atoms. The number of nitrogens with zero attached hydrogens (tertiary/aromatic N) is 6. The number of aromatic nitrogens is 5. The second-order valence-corrected chi connectivity index (χ2v) is 8.84. The predicted octanol–water partition coefficient (Wildman–Crippen LogP) is 3.41. The number of nitriles is 1. The first-order valence-electron chi connectivity index (χ1n) is 11.8. The van der Waals surface area contributed by atoms with Crippen molar-refractivity contribution in [2.24, 2.45) is 7.05 Å². The summed E-state index contributed by atoms with van der Waals surface area (Å²) in [4.78, 5) is 30.0. The van der Waals surface area contributed by atoms with Crippen LogP contribution in [0.15, 0.2) is 52.4 Å². The molecule has 41 heavy (non-hydrogen) atoms. The van der Waals surface area contributed by atoms with Crippen LogP contribution in [0, 0.1) is 17.1 Å². The van der Waals surface area contributed by atoms with Crippen LogP contribution in [0.4, 0.5) is 23.2 Å². The molecule has 0 saturated carbocycles. The monoisotopic (exact) mass is 575 g/mol. The molecule has 3 heterocycles. The van der Waals surface area contributed by atoms with Crippen molar-refractivity contribution in [3.8, 4) is 11.8 Å². The molecule has 3 aromatic heterocycles. The van der Waals surface area contributed by atoms with E-state index in [1.54, 1.807) is 6.92 Å². The summed E-state index contributed by atoms with van der Waals surface area (Å²) in [5.41, 5.74) is -0.867. The fraction of sp³-hybridized carbons (Fsp3) is 0.280. The molecule has 12 nitrogen and oxygen atoms in total. The summed E-state index contributed by atoms with van der Waals surface area (Å²) in [6, 6.07) is 5.44. The number of nitrogens with one attached hydrogen (secondary N) is 1. The highest BCUT2D eigenvalue weighted by molar-refractivity contribution is 6.04. The van der Waals surface area contributed by atoms with E-state index in [1.165, 1.54) is 36.4 Å². The molecule has 0 spiro atoms. The van der Waals surface area contributed by atoms with Crippen molar-refractivity contribution < 1.29 is 36.7 Å². The minimum Gasteiger partial charge on any atom is -0.501 e. The molecule has 0 saturated heterocycles. The van der Waals surface area contributed by atoms with Gasteiger partial charge < -0.3 is 14.9 Å². The number of hydrogen-bond donors (Lipinski definition) is 2. The molecule has 214 valence electrons. The summed E-state index contributed by atoms with van der Waals surface area (Å²) in [6.45, 7) is 0.576. The van der Waals surface area contributed by atoms with Crippen LogP contribution in [-0.4, -0.2) is 48.5 Å². The molecule has 0 aliphatic heterocycles. The van der Waals surface area contributed by atoms with Crippen LogP contribution in [0.1, 0.15) is 51.8 Å². The Morgan fingerprint density at radius 3 is 2.73 bits per heavy atom. The summed E-state index contributed by atoms with van der Waals surface area (Å²) < 4.78 is 62.3. The number of ether oxygens (including phenoxy) is 1. The Labute approximate surface area is 228 Å². The third kappa shape index (κ3) is 6.41. The summed E-state index contributed by atoms with van der Waals surface area (Å²) >= 11 is 0. The van der Waals surface area contributed by atoms with Gasteiger partial charge in [-0.1, -0.05) is 12.1 Å². The Balaban J connectivity index is 1.80. The number of rotatable bonds is 9. The van der Waals surface area contributed by atoms with Gasteiger partial charge in [0.2, 0.25) is 5.75 Å². The van der Waals surface area contributed by atoms with Gasteiger partial charge in [-0.2, -0.15) is 10.4 Å². The standard InChI is InChI=1S/C25H21F4N7O5/c1-13(22-34-20(21(37)24(39)35(22)2)23(38)33-17-10-32-41-12-17)19(18-7-16(26)4-3-14(18)8-30)15-9-31-36(11-15)5-6-40-25(27,28)29/h3-4,7,9-13,19,37H,5-6H2,1-2H3,(H,33,38)/t13-,19+/m0/s1. The van der Waals surface area contributed by atoms with Gasteiger partial charge >= 0.3 is 6.36 Å². The Bertz CT molecular complexity index is 1660. The number of carbonyl (C=O) groups is 1. The zero-order valence-electron chi connectivity index (χ0n) is 21.4. The van der Waals surface area contributed by atoms with Crippen LogP contribution < -0.4 is 10.9 Å². The van der Waals surface area contributed by atoms with E-state index in [2.05, 4.69) is 29.8 Å². The molecule has 0 fully saturated rings. The van der Waals surface area contributed by atoms with E-state index in [0.717, 1.165) is 23.0 Å². The van der Waals surface area contributed by atoms with Crippen LogP contribution in [0.3, 0.4) is 0 Å². The Hall–Kier alpha value is -5.04. The van der Waals surface area contributed by atoms with E-state index in [1.807, 2.05) is 6.07 Å². The fourth-order valence-corrected chi connectivity index (χ4v) is 4.33. The molecule has 1 amide bonds. The number of halogens is 4. The van der Waals surface area contributed by atoms with Gasteiger partial charge in [-0.3, -0.25) is 23.6 Å². The third-order valence-electron chi connectivity index (χ3n) is 6.18. The first-order chi connectivity index (χ1) is 19.4. The van der Waals surface area contributed by atoms with E-state index in [4.69, 9.17) is 0 Å². The van der Waals surface area contributed by atoms with Gasteiger partial charge in [-0.05, 0) is 29.3 Å². The zero-order valence-corrected chi connectivity index (χ0v) is 21.4. The van der Waals surface area contributed by atoms with Gasteiger partial charge in [0.05, 0.1) is 37.2 Å². The lowest BCUT2D eigenvalue weighted by Crippen LogP contribution is -2.29. The summed E-state index contributed by atoms with van der Waals surface area (Å²) in [6.07, 6.45) is 0.175. The molecule has 16 heteroatoms. The Morgan fingerprint density at radius 2 is 2.07 bits per heavy atom. The first-order valence-corrected chi connectivity index (χ1v) is 11.8. The van der Waals surface area contributed by atoms with Crippen molar-refractivity contribution >= 4 is 11.6 Å². The molecule has 0 unspecified atom stereocenters. The average Bonchev–Trinajstić information content (AvgIpc) is 3.59. The van der Waals surface area contributed by atoms with Gasteiger partial charge in [-0.15, -0.1) is 13.2 Å². The summed E-state index contributed by atoms with van der Waals surface area (Å²) in [5.74, 6) is -4.41. The maximum atomic E-state index is 14.4. The number of anilines is 1. The quantitative estimate of drug-likeness (QED) is 0.285. The lowest BCUT2D eigenvalue weighted by molar-refractivity contribution is -0.325. The molecule has 4 rings (SSSR count). The third-order valence-corrected chi connectivity index (χ3v) is 6.18. The SMILES string of the molecule is C[C@H](c1nc(C(=O)Nc2cnoc2)c(O)c(=O)n1C)[C@H](c1cnn(CCOC(F)(F)F)c1)c1cc(F)ccc1C#N. The first kappa shape index (κ1) is 29.0. The van der Waals surface area contributed by atoms with Crippen molar-refractivity contribution in [2.75, 3.05) is 11.9 Å². The highest BCUT2D eigenvalue weighted by Crippen LogP contribution is 2.39. The average molecular weight is 575 g/mol. The topological polar surface area (TPSA) is 161 Å². The predicted molar refractivity (Wildman–Crippen MR) is 131 cm³/mol. The Kier molecular flexibility index (Phi) is 8.19. The van der Waals surface area contributed by atoms with Crippen LogP contribution in [0.2, 0.25) is 0 Å². The summed E-state index contributed by atoms with van der Waals surface area (Å²) in [5, 5.41) is 30.1.